The van der Waals surface area contributed by atoms with E-state index < -0.39 is 36.2 Å². The van der Waals surface area contributed by atoms with E-state index in [0.29, 0.717) is 0 Å². The third-order valence-electron chi connectivity index (χ3n) is 2.72. The van der Waals surface area contributed by atoms with Crippen LogP contribution in [0.3, 0.4) is 0 Å². The minimum absolute atomic E-state index is 0. The molecule has 104 valence electrons. The summed E-state index contributed by atoms with van der Waals surface area (Å²) in [5.74, 6) is 0. The van der Waals surface area contributed by atoms with Crippen LogP contribution in [0.1, 0.15) is 16.7 Å². The summed E-state index contributed by atoms with van der Waals surface area (Å²) in [5, 5.41) is 21.8. The molecule has 0 spiro atoms. The molecule has 1 aromatic carbocycles. The Kier molecular flexibility index (Phi) is 6.41. The van der Waals surface area contributed by atoms with E-state index in [2.05, 4.69) is 0 Å². The van der Waals surface area contributed by atoms with Gasteiger partial charge in [0.15, 0.2) is 0 Å². The standard InChI is InChI=1S/C9H10N2O7S.K/c1-4-7(10(12)13)5(2)9(19(16,17)18)6(3)8(4)11(14)15;/h1-3H3,(H,16,17,18);/q;+1/p-1. The van der Waals surface area contributed by atoms with Crippen LogP contribution in [-0.4, -0.2) is 22.8 Å². The molecule has 0 atom stereocenters. The van der Waals surface area contributed by atoms with Crippen LogP contribution in [0.4, 0.5) is 11.4 Å². The van der Waals surface area contributed by atoms with E-state index in [1.807, 2.05) is 0 Å². The number of nitro groups is 2. The summed E-state index contributed by atoms with van der Waals surface area (Å²) in [6.45, 7) is 3.29. The van der Waals surface area contributed by atoms with Gasteiger partial charge in [-0.05, 0) is 20.8 Å². The molecule has 0 saturated carbocycles. The first-order valence-corrected chi connectivity index (χ1v) is 6.29. The van der Waals surface area contributed by atoms with Crippen molar-refractivity contribution in [1.29, 1.82) is 0 Å². The third kappa shape index (κ3) is 3.42. The zero-order valence-corrected chi connectivity index (χ0v) is 15.1. The summed E-state index contributed by atoms with van der Waals surface area (Å²) < 4.78 is 33.4. The quantitative estimate of drug-likeness (QED) is 0.279. The van der Waals surface area contributed by atoms with Crippen molar-refractivity contribution in [2.24, 2.45) is 0 Å². The van der Waals surface area contributed by atoms with E-state index in [1.165, 1.54) is 0 Å². The second-order valence-corrected chi connectivity index (χ2v) is 5.19. The minimum Gasteiger partial charge on any atom is -0.744 e. The molecule has 0 amide bonds. The van der Waals surface area contributed by atoms with Crippen molar-refractivity contribution in [2.75, 3.05) is 0 Å². The van der Waals surface area contributed by atoms with Gasteiger partial charge in [0.2, 0.25) is 0 Å². The summed E-state index contributed by atoms with van der Waals surface area (Å²) >= 11 is 0. The number of nitro benzene ring substituents is 2. The molecule has 0 aliphatic rings. The molecule has 0 saturated heterocycles. The molecule has 1 rings (SSSR count). The van der Waals surface area contributed by atoms with Crippen molar-refractivity contribution in [3.8, 4) is 0 Å². The first kappa shape index (κ1) is 19.6. The SMILES string of the molecule is Cc1c([N+](=O)[O-])c(C)c(S(=O)(=O)[O-])c(C)c1[N+](=O)[O-].[K+]. The molecule has 0 aliphatic carbocycles. The molecule has 1 aromatic rings. The van der Waals surface area contributed by atoms with Gasteiger partial charge in [-0.2, -0.15) is 0 Å². The normalized spacial score (nSPS) is 10.8. The number of benzene rings is 1. The number of hydrogen-bond donors (Lipinski definition) is 0. The van der Waals surface area contributed by atoms with Gasteiger partial charge in [-0.15, -0.1) is 0 Å². The first-order chi connectivity index (χ1) is 8.50. The average molecular weight is 328 g/mol. The fourth-order valence-electron chi connectivity index (χ4n) is 2.09. The third-order valence-corrected chi connectivity index (χ3v) is 3.83. The Morgan fingerprint density at radius 3 is 1.35 bits per heavy atom. The first-order valence-electron chi connectivity index (χ1n) is 4.88. The Hall–Kier alpha value is -0.434. The van der Waals surface area contributed by atoms with Crippen LogP contribution in [0.25, 0.3) is 0 Å². The Morgan fingerprint density at radius 2 is 1.15 bits per heavy atom. The van der Waals surface area contributed by atoms with Gasteiger partial charge >= 0.3 is 51.4 Å². The van der Waals surface area contributed by atoms with E-state index in [1.54, 1.807) is 0 Å². The molecular formula is C9H9KN2O7S. The van der Waals surface area contributed by atoms with Crippen LogP contribution in [0.2, 0.25) is 0 Å². The van der Waals surface area contributed by atoms with Crippen molar-refractivity contribution < 1.29 is 74.2 Å². The topological polar surface area (TPSA) is 143 Å². The van der Waals surface area contributed by atoms with Crippen LogP contribution in [0.15, 0.2) is 4.90 Å². The van der Waals surface area contributed by atoms with E-state index >= 15 is 0 Å². The van der Waals surface area contributed by atoms with Crippen LogP contribution >= 0.6 is 0 Å². The summed E-state index contributed by atoms with van der Waals surface area (Å²) in [5.41, 5.74) is -2.52. The van der Waals surface area contributed by atoms with Gasteiger partial charge in [0.05, 0.1) is 14.7 Å². The van der Waals surface area contributed by atoms with Gasteiger partial charge in [0.25, 0.3) is 11.4 Å². The Morgan fingerprint density at radius 1 is 0.850 bits per heavy atom. The Labute approximate surface area is 156 Å². The summed E-state index contributed by atoms with van der Waals surface area (Å²) in [6, 6.07) is 0. The average Bonchev–Trinajstić information content (AvgIpc) is 2.12. The predicted molar refractivity (Wildman–Crippen MR) is 61.9 cm³/mol. The smallest absolute Gasteiger partial charge is 0.744 e. The maximum Gasteiger partial charge on any atom is 1.00 e. The summed E-state index contributed by atoms with van der Waals surface area (Å²) in [4.78, 5) is 19.0. The minimum atomic E-state index is -5.05. The van der Waals surface area contributed by atoms with E-state index in [4.69, 9.17) is 0 Å². The van der Waals surface area contributed by atoms with Gasteiger partial charge in [-0.1, -0.05) is 0 Å². The second-order valence-electron chi connectivity index (χ2n) is 3.87. The molecule has 0 fully saturated rings. The van der Waals surface area contributed by atoms with Crippen LogP contribution in [0, 0.1) is 41.0 Å². The van der Waals surface area contributed by atoms with E-state index in [9.17, 15) is 33.2 Å². The predicted octanol–water partition coefficient (Wildman–Crippen LogP) is -1.66. The maximum absolute atomic E-state index is 11.1. The van der Waals surface area contributed by atoms with Gasteiger partial charge in [0.1, 0.15) is 15.7 Å². The van der Waals surface area contributed by atoms with Crippen molar-refractivity contribution in [1.82, 2.24) is 0 Å². The van der Waals surface area contributed by atoms with E-state index in [-0.39, 0.29) is 68.1 Å². The Bertz CT molecular complexity index is 658. The van der Waals surface area contributed by atoms with Gasteiger partial charge in [0, 0.05) is 11.1 Å². The molecule has 20 heavy (non-hydrogen) atoms. The van der Waals surface area contributed by atoms with Gasteiger partial charge in [-0.25, -0.2) is 8.42 Å². The van der Waals surface area contributed by atoms with Crippen molar-refractivity contribution in [3.63, 3.8) is 0 Å². The van der Waals surface area contributed by atoms with Crippen LogP contribution in [0.5, 0.6) is 0 Å². The molecule has 0 unspecified atom stereocenters. The molecule has 0 heterocycles. The molecular weight excluding hydrogens is 319 g/mol. The van der Waals surface area contributed by atoms with Crippen LogP contribution < -0.4 is 51.4 Å². The molecule has 11 heteroatoms. The molecule has 0 bridgehead atoms. The van der Waals surface area contributed by atoms with Crippen LogP contribution in [-0.2, 0) is 10.1 Å². The molecule has 0 N–H and O–H groups in total. The fraction of sp³-hybridized carbons (Fsp3) is 0.333. The van der Waals surface area contributed by atoms with Gasteiger partial charge in [-0.3, -0.25) is 20.2 Å². The monoisotopic (exact) mass is 328 g/mol. The molecule has 0 aromatic heterocycles. The zero-order valence-electron chi connectivity index (χ0n) is 11.2. The molecule has 9 nitrogen and oxygen atoms in total. The van der Waals surface area contributed by atoms with E-state index in [0.717, 1.165) is 20.8 Å². The summed E-state index contributed by atoms with van der Waals surface area (Å²) in [7, 11) is -5.05. The number of nitrogens with zero attached hydrogens (tertiary/aromatic N) is 2. The van der Waals surface area contributed by atoms with Gasteiger partial charge < -0.3 is 4.55 Å². The van der Waals surface area contributed by atoms with Crippen molar-refractivity contribution >= 4 is 21.5 Å². The molecule has 0 radical (unpaired) electrons. The second kappa shape index (κ2) is 6.55. The van der Waals surface area contributed by atoms with Crippen molar-refractivity contribution in [2.45, 2.75) is 25.7 Å². The molecule has 0 aliphatic heterocycles. The van der Waals surface area contributed by atoms with Crippen molar-refractivity contribution in [3.05, 3.63) is 36.9 Å². The fourth-order valence-corrected chi connectivity index (χ4v) is 3.04. The number of rotatable bonds is 3. The zero-order chi connectivity index (χ0) is 15.1. The number of hydrogen-bond acceptors (Lipinski definition) is 7. The largest absolute Gasteiger partial charge is 1.00 e. The Balaban J connectivity index is 0.00000361. The summed E-state index contributed by atoms with van der Waals surface area (Å²) in [6.07, 6.45) is 0. The maximum atomic E-state index is 11.1.